The standard InChI is InChI=1S/C15H19ClN2OS/c16-13-3-1-2-4-14(13)20-10-7-15(19)18-11-12-5-8-17-9-6-12/h1-5,17H,6-11H2,(H,18,19). The Hall–Kier alpha value is -0.970. The fraction of sp³-hybridized carbons (Fsp3) is 0.400. The molecule has 1 aromatic rings. The van der Waals surface area contributed by atoms with Gasteiger partial charge in [0.25, 0.3) is 0 Å². The van der Waals surface area contributed by atoms with Crippen LogP contribution in [-0.4, -0.2) is 31.3 Å². The number of benzene rings is 1. The van der Waals surface area contributed by atoms with Gasteiger partial charge in [0.15, 0.2) is 0 Å². The van der Waals surface area contributed by atoms with E-state index < -0.39 is 0 Å². The van der Waals surface area contributed by atoms with Crippen LogP contribution in [0.25, 0.3) is 0 Å². The van der Waals surface area contributed by atoms with E-state index in [1.165, 1.54) is 5.57 Å². The minimum absolute atomic E-state index is 0.101. The van der Waals surface area contributed by atoms with Crippen molar-refractivity contribution in [2.24, 2.45) is 0 Å². The van der Waals surface area contributed by atoms with E-state index in [0.29, 0.717) is 13.0 Å². The van der Waals surface area contributed by atoms with E-state index in [4.69, 9.17) is 11.6 Å². The van der Waals surface area contributed by atoms with Crippen LogP contribution in [0.15, 0.2) is 40.8 Å². The quantitative estimate of drug-likeness (QED) is 0.627. The molecule has 108 valence electrons. The van der Waals surface area contributed by atoms with Crippen molar-refractivity contribution in [1.82, 2.24) is 10.6 Å². The summed E-state index contributed by atoms with van der Waals surface area (Å²) in [4.78, 5) is 12.8. The number of rotatable bonds is 6. The third-order valence-corrected chi connectivity index (χ3v) is 4.61. The number of hydrogen-bond donors (Lipinski definition) is 2. The molecule has 0 saturated carbocycles. The summed E-state index contributed by atoms with van der Waals surface area (Å²) in [5.41, 5.74) is 1.32. The van der Waals surface area contributed by atoms with Gasteiger partial charge in [-0.15, -0.1) is 11.8 Å². The van der Waals surface area contributed by atoms with Crippen molar-refractivity contribution in [3.05, 3.63) is 40.9 Å². The fourth-order valence-corrected chi connectivity index (χ4v) is 3.13. The van der Waals surface area contributed by atoms with Gasteiger partial charge in [-0.2, -0.15) is 0 Å². The molecule has 1 amide bonds. The van der Waals surface area contributed by atoms with Gasteiger partial charge in [0.2, 0.25) is 5.91 Å². The van der Waals surface area contributed by atoms with E-state index in [0.717, 1.165) is 35.2 Å². The van der Waals surface area contributed by atoms with Gasteiger partial charge in [0.05, 0.1) is 5.02 Å². The number of halogens is 1. The highest BCUT2D eigenvalue weighted by Gasteiger charge is 2.06. The molecule has 1 aliphatic heterocycles. The highest BCUT2D eigenvalue weighted by molar-refractivity contribution is 7.99. The number of nitrogens with one attached hydrogen (secondary N) is 2. The molecule has 0 radical (unpaired) electrons. The second-order valence-electron chi connectivity index (χ2n) is 4.62. The van der Waals surface area contributed by atoms with Crippen LogP contribution in [0.4, 0.5) is 0 Å². The van der Waals surface area contributed by atoms with Gasteiger partial charge in [-0.3, -0.25) is 4.79 Å². The molecule has 20 heavy (non-hydrogen) atoms. The normalized spacial score (nSPS) is 14.8. The summed E-state index contributed by atoms with van der Waals surface area (Å²) < 4.78 is 0. The third-order valence-electron chi connectivity index (χ3n) is 3.09. The van der Waals surface area contributed by atoms with E-state index in [1.807, 2.05) is 24.3 Å². The van der Waals surface area contributed by atoms with Gasteiger partial charge in [0, 0.05) is 30.2 Å². The highest BCUT2D eigenvalue weighted by atomic mass is 35.5. The predicted molar refractivity (Wildman–Crippen MR) is 85.4 cm³/mol. The Bertz CT molecular complexity index is 491. The summed E-state index contributed by atoms with van der Waals surface area (Å²) in [6, 6.07) is 7.71. The Morgan fingerprint density at radius 2 is 2.25 bits per heavy atom. The van der Waals surface area contributed by atoms with Crippen molar-refractivity contribution in [3.63, 3.8) is 0 Å². The SMILES string of the molecule is O=C(CCSc1ccccc1Cl)NCC1=CCNCC1. The van der Waals surface area contributed by atoms with Crippen LogP contribution in [0.2, 0.25) is 5.02 Å². The van der Waals surface area contributed by atoms with Gasteiger partial charge in [-0.05, 0) is 25.1 Å². The molecule has 1 aliphatic rings. The Labute approximate surface area is 129 Å². The molecular weight excluding hydrogens is 292 g/mol. The summed E-state index contributed by atoms with van der Waals surface area (Å²) in [5.74, 6) is 0.847. The molecule has 0 fully saturated rings. The first-order valence-electron chi connectivity index (χ1n) is 6.78. The van der Waals surface area contributed by atoms with Gasteiger partial charge >= 0.3 is 0 Å². The Morgan fingerprint density at radius 3 is 3.00 bits per heavy atom. The summed E-state index contributed by atoms with van der Waals surface area (Å²) in [6.07, 6.45) is 3.69. The van der Waals surface area contributed by atoms with Crippen LogP contribution in [0.5, 0.6) is 0 Å². The van der Waals surface area contributed by atoms with Crippen molar-refractivity contribution in [3.8, 4) is 0 Å². The van der Waals surface area contributed by atoms with E-state index in [9.17, 15) is 4.79 Å². The summed E-state index contributed by atoms with van der Waals surface area (Å²) in [5, 5.41) is 6.98. The van der Waals surface area contributed by atoms with Gasteiger partial charge in [-0.1, -0.05) is 35.4 Å². The van der Waals surface area contributed by atoms with Crippen molar-refractivity contribution >= 4 is 29.3 Å². The molecule has 0 spiro atoms. The maximum Gasteiger partial charge on any atom is 0.221 e. The Morgan fingerprint density at radius 1 is 1.40 bits per heavy atom. The topological polar surface area (TPSA) is 41.1 Å². The van der Waals surface area contributed by atoms with Crippen LogP contribution in [0.1, 0.15) is 12.8 Å². The molecule has 0 aliphatic carbocycles. The lowest BCUT2D eigenvalue weighted by Gasteiger charge is -2.14. The largest absolute Gasteiger partial charge is 0.352 e. The smallest absolute Gasteiger partial charge is 0.221 e. The van der Waals surface area contributed by atoms with Gasteiger partial charge < -0.3 is 10.6 Å². The van der Waals surface area contributed by atoms with Crippen LogP contribution in [0, 0.1) is 0 Å². The molecule has 1 aromatic carbocycles. The fourth-order valence-electron chi connectivity index (χ4n) is 1.95. The summed E-state index contributed by atoms with van der Waals surface area (Å²) in [6.45, 7) is 2.59. The first-order valence-corrected chi connectivity index (χ1v) is 8.15. The monoisotopic (exact) mass is 310 g/mol. The first kappa shape index (κ1) is 15.4. The lowest BCUT2D eigenvalue weighted by atomic mass is 10.1. The van der Waals surface area contributed by atoms with Crippen LogP contribution in [0.3, 0.4) is 0 Å². The Balaban J connectivity index is 1.65. The molecule has 0 atom stereocenters. The number of thioether (sulfide) groups is 1. The molecule has 0 saturated heterocycles. The molecule has 1 heterocycles. The maximum atomic E-state index is 11.8. The number of carbonyl (C=O) groups excluding carboxylic acids is 1. The molecule has 2 N–H and O–H groups in total. The zero-order valence-electron chi connectivity index (χ0n) is 11.3. The van der Waals surface area contributed by atoms with Gasteiger partial charge in [-0.25, -0.2) is 0 Å². The zero-order valence-corrected chi connectivity index (χ0v) is 12.9. The molecule has 0 unspecified atom stereocenters. The maximum absolute atomic E-state index is 11.8. The summed E-state index contributed by atoms with van der Waals surface area (Å²) in [7, 11) is 0. The number of amides is 1. The van der Waals surface area contributed by atoms with Crippen molar-refractivity contribution in [2.75, 3.05) is 25.4 Å². The van der Waals surface area contributed by atoms with Crippen molar-refractivity contribution < 1.29 is 4.79 Å². The molecule has 3 nitrogen and oxygen atoms in total. The van der Waals surface area contributed by atoms with Crippen LogP contribution < -0.4 is 10.6 Å². The predicted octanol–water partition coefficient (Wildman–Crippen LogP) is 2.86. The highest BCUT2D eigenvalue weighted by Crippen LogP contribution is 2.26. The minimum atomic E-state index is 0.101. The van der Waals surface area contributed by atoms with E-state index >= 15 is 0 Å². The first-order chi connectivity index (χ1) is 9.75. The zero-order chi connectivity index (χ0) is 14.2. The van der Waals surface area contributed by atoms with E-state index in [2.05, 4.69) is 16.7 Å². The van der Waals surface area contributed by atoms with E-state index in [-0.39, 0.29) is 5.91 Å². The van der Waals surface area contributed by atoms with Crippen LogP contribution in [-0.2, 0) is 4.79 Å². The Kier molecular flexibility index (Phi) is 6.43. The molecule has 0 aromatic heterocycles. The van der Waals surface area contributed by atoms with E-state index in [1.54, 1.807) is 11.8 Å². The third kappa shape index (κ3) is 5.19. The molecular formula is C15H19ClN2OS. The minimum Gasteiger partial charge on any atom is -0.352 e. The van der Waals surface area contributed by atoms with Crippen molar-refractivity contribution in [1.29, 1.82) is 0 Å². The molecule has 2 rings (SSSR count). The lowest BCUT2D eigenvalue weighted by Crippen LogP contribution is -2.29. The number of hydrogen-bond acceptors (Lipinski definition) is 3. The summed E-state index contributed by atoms with van der Waals surface area (Å²) >= 11 is 7.69. The van der Waals surface area contributed by atoms with Crippen molar-refractivity contribution in [2.45, 2.75) is 17.7 Å². The average Bonchev–Trinajstić information content (AvgIpc) is 2.48. The second kappa shape index (κ2) is 8.35. The lowest BCUT2D eigenvalue weighted by molar-refractivity contribution is -0.120. The number of carbonyl (C=O) groups is 1. The van der Waals surface area contributed by atoms with Crippen LogP contribution >= 0.6 is 23.4 Å². The molecule has 5 heteroatoms. The average molecular weight is 311 g/mol. The van der Waals surface area contributed by atoms with Gasteiger partial charge in [0.1, 0.15) is 0 Å². The molecule has 0 bridgehead atoms. The second-order valence-corrected chi connectivity index (χ2v) is 6.17.